The van der Waals surface area contributed by atoms with Crippen LogP contribution in [0.25, 0.3) is 0 Å². The van der Waals surface area contributed by atoms with Gasteiger partial charge in [-0.3, -0.25) is 9.59 Å². The molecule has 1 heterocycles. The Hall–Kier alpha value is -2.08. The zero-order valence-electron chi connectivity index (χ0n) is 12.3. The minimum Gasteiger partial charge on any atom is -0.376 e. The van der Waals surface area contributed by atoms with Crippen LogP contribution in [0.4, 0.5) is 5.69 Å². The van der Waals surface area contributed by atoms with Gasteiger partial charge >= 0.3 is 0 Å². The SMILES string of the molecule is C[C@H]1OCCN(C(=O)CNc2ccccc2C(N)=O)[C@H]1C. The van der Waals surface area contributed by atoms with E-state index in [1.165, 1.54) is 0 Å². The third-order valence-corrected chi connectivity index (χ3v) is 3.83. The van der Waals surface area contributed by atoms with Gasteiger partial charge in [0, 0.05) is 12.2 Å². The van der Waals surface area contributed by atoms with E-state index in [1.54, 1.807) is 29.2 Å². The van der Waals surface area contributed by atoms with Crippen LogP contribution in [0.5, 0.6) is 0 Å². The number of morpholine rings is 1. The van der Waals surface area contributed by atoms with Crippen LogP contribution in [0.15, 0.2) is 24.3 Å². The summed E-state index contributed by atoms with van der Waals surface area (Å²) in [5, 5.41) is 2.99. The Bertz CT molecular complexity index is 533. The number of carbonyl (C=O) groups is 2. The average Bonchev–Trinajstić information content (AvgIpc) is 2.47. The molecule has 2 amide bonds. The van der Waals surface area contributed by atoms with Crippen molar-refractivity contribution in [3.8, 4) is 0 Å². The molecule has 6 heteroatoms. The lowest BCUT2D eigenvalue weighted by atomic mass is 10.1. The number of carbonyl (C=O) groups excluding carboxylic acids is 2. The van der Waals surface area contributed by atoms with Gasteiger partial charge in [-0.2, -0.15) is 0 Å². The molecule has 0 radical (unpaired) electrons. The zero-order chi connectivity index (χ0) is 15.4. The van der Waals surface area contributed by atoms with Crippen LogP contribution < -0.4 is 11.1 Å². The number of nitrogens with two attached hydrogens (primary N) is 1. The van der Waals surface area contributed by atoms with Gasteiger partial charge in [0.2, 0.25) is 5.91 Å². The fourth-order valence-electron chi connectivity index (χ4n) is 2.41. The summed E-state index contributed by atoms with van der Waals surface area (Å²) in [6.45, 7) is 5.19. The summed E-state index contributed by atoms with van der Waals surface area (Å²) >= 11 is 0. The number of ether oxygens (including phenoxy) is 1. The lowest BCUT2D eigenvalue weighted by molar-refractivity contribution is -0.142. The van der Waals surface area contributed by atoms with Crippen LogP contribution in [0.3, 0.4) is 0 Å². The Morgan fingerprint density at radius 2 is 2.10 bits per heavy atom. The maximum atomic E-state index is 12.3. The van der Waals surface area contributed by atoms with Crippen molar-refractivity contribution in [2.24, 2.45) is 5.73 Å². The van der Waals surface area contributed by atoms with E-state index in [0.717, 1.165) is 0 Å². The number of anilines is 1. The Kier molecular flexibility index (Phi) is 4.80. The molecule has 0 aliphatic carbocycles. The predicted octanol–water partition coefficient (Wildman–Crippen LogP) is 0.833. The molecular formula is C15H21N3O3. The fraction of sp³-hybridized carbons (Fsp3) is 0.467. The van der Waals surface area contributed by atoms with Crippen LogP contribution in [0.2, 0.25) is 0 Å². The summed E-state index contributed by atoms with van der Waals surface area (Å²) in [4.78, 5) is 25.4. The first-order valence-electron chi connectivity index (χ1n) is 7.04. The van der Waals surface area contributed by atoms with Crippen molar-refractivity contribution in [2.45, 2.75) is 26.0 Å². The Labute approximate surface area is 124 Å². The van der Waals surface area contributed by atoms with Crippen LogP contribution in [0, 0.1) is 0 Å². The van der Waals surface area contributed by atoms with E-state index in [1.807, 2.05) is 13.8 Å². The van der Waals surface area contributed by atoms with E-state index in [-0.39, 0.29) is 24.6 Å². The molecule has 1 aromatic carbocycles. The largest absolute Gasteiger partial charge is 0.376 e. The number of para-hydroxylation sites is 1. The first-order valence-corrected chi connectivity index (χ1v) is 7.04. The summed E-state index contributed by atoms with van der Waals surface area (Å²) in [7, 11) is 0. The monoisotopic (exact) mass is 291 g/mol. The maximum Gasteiger partial charge on any atom is 0.250 e. The topological polar surface area (TPSA) is 84.7 Å². The molecular weight excluding hydrogens is 270 g/mol. The molecule has 0 unspecified atom stereocenters. The van der Waals surface area contributed by atoms with Gasteiger partial charge < -0.3 is 20.7 Å². The summed E-state index contributed by atoms with van der Waals surface area (Å²) in [5.74, 6) is -0.532. The number of hydrogen-bond donors (Lipinski definition) is 2. The molecule has 2 rings (SSSR count). The van der Waals surface area contributed by atoms with Gasteiger partial charge in [-0.15, -0.1) is 0 Å². The smallest absolute Gasteiger partial charge is 0.250 e. The standard InChI is InChI=1S/C15H21N3O3/c1-10-11(2)21-8-7-18(10)14(19)9-17-13-6-4-3-5-12(13)15(16)20/h3-6,10-11,17H,7-9H2,1-2H3,(H2,16,20)/t10-,11+/m0/s1. The number of primary amides is 1. The molecule has 1 aliphatic heterocycles. The van der Waals surface area contributed by atoms with E-state index >= 15 is 0 Å². The van der Waals surface area contributed by atoms with Crippen molar-refractivity contribution in [1.29, 1.82) is 0 Å². The molecule has 1 aromatic rings. The highest BCUT2D eigenvalue weighted by atomic mass is 16.5. The highest BCUT2D eigenvalue weighted by molar-refractivity contribution is 5.99. The van der Waals surface area contributed by atoms with E-state index in [4.69, 9.17) is 10.5 Å². The molecule has 0 bridgehead atoms. The highest BCUT2D eigenvalue weighted by Crippen LogP contribution is 2.16. The van der Waals surface area contributed by atoms with Crippen LogP contribution in [-0.4, -0.2) is 48.6 Å². The molecule has 21 heavy (non-hydrogen) atoms. The second-order valence-electron chi connectivity index (χ2n) is 5.17. The number of nitrogens with one attached hydrogen (secondary N) is 1. The summed E-state index contributed by atoms with van der Waals surface area (Å²) in [6, 6.07) is 6.93. The van der Waals surface area contributed by atoms with Crippen LogP contribution >= 0.6 is 0 Å². The number of nitrogens with zero attached hydrogens (tertiary/aromatic N) is 1. The molecule has 114 valence electrons. The molecule has 6 nitrogen and oxygen atoms in total. The van der Waals surface area contributed by atoms with Crippen molar-refractivity contribution in [3.63, 3.8) is 0 Å². The van der Waals surface area contributed by atoms with Crippen molar-refractivity contribution in [3.05, 3.63) is 29.8 Å². The Balaban J connectivity index is 2.00. The van der Waals surface area contributed by atoms with E-state index < -0.39 is 5.91 Å². The number of amides is 2. The molecule has 3 N–H and O–H groups in total. The van der Waals surface area contributed by atoms with Crippen molar-refractivity contribution in [1.82, 2.24) is 4.90 Å². The van der Waals surface area contributed by atoms with Gasteiger partial charge in [0.05, 0.1) is 30.9 Å². The van der Waals surface area contributed by atoms with Crippen molar-refractivity contribution < 1.29 is 14.3 Å². The van der Waals surface area contributed by atoms with Crippen molar-refractivity contribution >= 4 is 17.5 Å². The molecule has 0 spiro atoms. The second kappa shape index (κ2) is 6.58. The van der Waals surface area contributed by atoms with Gasteiger partial charge in [-0.1, -0.05) is 12.1 Å². The quantitative estimate of drug-likeness (QED) is 0.860. The van der Waals surface area contributed by atoms with E-state index in [0.29, 0.717) is 24.4 Å². The lowest BCUT2D eigenvalue weighted by Crippen LogP contribution is -2.52. The van der Waals surface area contributed by atoms with E-state index in [9.17, 15) is 9.59 Å². The van der Waals surface area contributed by atoms with Crippen molar-refractivity contribution in [2.75, 3.05) is 25.0 Å². The van der Waals surface area contributed by atoms with E-state index in [2.05, 4.69) is 5.32 Å². The zero-order valence-corrected chi connectivity index (χ0v) is 12.3. The van der Waals surface area contributed by atoms with Gasteiger partial charge in [0.15, 0.2) is 0 Å². The van der Waals surface area contributed by atoms with Gasteiger partial charge in [-0.25, -0.2) is 0 Å². The van der Waals surface area contributed by atoms with Gasteiger partial charge in [0.25, 0.3) is 5.91 Å². The average molecular weight is 291 g/mol. The molecule has 1 saturated heterocycles. The molecule has 2 atom stereocenters. The first-order chi connectivity index (χ1) is 10.0. The lowest BCUT2D eigenvalue weighted by Gasteiger charge is -2.38. The molecule has 0 aromatic heterocycles. The molecule has 1 aliphatic rings. The Morgan fingerprint density at radius 1 is 1.38 bits per heavy atom. The highest BCUT2D eigenvalue weighted by Gasteiger charge is 2.28. The predicted molar refractivity (Wildman–Crippen MR) is 80.0 cm³/mol. The molecule has 0 saturated carbocycles. The summed E-state index contributed by atoms with van der Waals surface area (Å²) < 4.78 is 5.51. The summed E-state index contributed by atoms with van der Waals surface area (Å²) in [5.41, 5.74) is 6.27. The third kappa shape index (κ3) is 3.52. The number of benzene rings is 1. The Morgan fingerprint density at radius 3 is 2.81 bits per heavy atom. The van der Waals surface area contributed by atoms with Gasteiger partial charge in [-0.05, 0) is 26.0 Å². The van der Waals surface area contributed by atoms with Gasteiger partial charge in [0.1, 0.15) is 0 Å². The third-order valence-electron chi connectivity index (χ3n) is 3.83. The summed E-state index contributed by atoms with van der Waals surface area (Å²) in [6.07, 6.45) is 0.0283. The maximum absolute atomic E-state index is 12.3. The minimum atomic E-state index is -0.515. The number of hydrogen-bond acceptors (Lipinski definition) is 4. The second-order valence-corrected chi connectivity index (χ2v) is 5.17. The number of rotatable bonds is 4. The first kappa shape index (κ1) is 15.3. The normalized spacial score (nSPS) is 21.9. The minimum absolute atomic E-state index is 0.0167. The van der Waals surface area contributed by atoms with Crippen LogP contribution in [-0.2, 0) is 9.53 Å². The molecule has 1 fully saturated rings. The van der Waals surface area contributed by atoms with Crippen LogP contribution in [0.1, 0.15) is 24.2 Å². The fourth-order valence-corrected chi connectivity index (χ4v) is 2.41.